The molecule has 5 nitrogen and oxygen atoms in total. The first-order valence-electron chi connectivity index (χ1n) is 10.4. The first-order chi connectivity index (χ1) is 15.0. The highest BCUT2D eigenvalue weighted by Crippen LogP contribution is 2.27. The molecular weight excluding hydrogens is 398 g/mol. The number of carbonyl (C=O) groups excluding carboxylic acids is 1. The Balaban J connectivity index is 1.56. The Kier molecular flexibility index (Phi) is 5.93. The molecule has 0 bridgehead atoms. The van der Waals surface area contributed by atoms with Crippen LogP contribution in [0.5, 0.6) is 0 Å². The third kappa shape index (κ3) is 4.40. The highest BCUT2D eigenvalue weighted by molar-refractivity contribution is 5.94. The van der Waals surface area contributed by atoms with Gasteiger partial charge in [0, 0.05) is 48.6 Å². The summed E-state index contributed by atoms with van der Waals surface area (Å²) in [5.41, 5.74) is 3.04. The Morgan fingerprint density at radius 1 is 0.968 bits per heavy atom. The van der Waals surface area contributed by atoms with E-state index in [9.17, 15) is 13.6 Å². The SMILES string of the molecule is CCc1c(C)nc(-c2cccc(F)c2)nc1N1CCN(C(=O)c2ccc(F)cc2)CC1. The number of hydrogen-bond donors (Lipinski definition) is 0. The fourth-order valence-electron chi connectivity index (χ4n) is 3.91. The van der Waals surface area contributed by atoms with Gasteiger partial charge in [-0.3, -0.25) is 4.79 Å². The van der Waals surface area contributed by atoms with Gasteiger partial charge in [-0.2, -0.15) is 0 Å². The van der Waals surface area contributed by atoms with Crippen molar-refractivity contribution in [1.82, 2.24) is 14.9 Å². The molecule has 4 rings (SSSR count). The lowest BCUT2D eigenvalue weighted by molar-refractivity contribution is 0.0746. The second-order valence-electron chi connectivity index (χ2n) is 7.58. The summed E-state index contributed by atoms with van der Waals surface area (Å²) in [5, 5.41) is 0. The van der Waals surface area contributed by atoms with E-state index < -0.39 is 0 Å². The summed E-state index contributed by atoms with van der Waals surface area (Å²) in [6.07, 6.45) is 0.777. The molecule has 1 aromatic heterocycles. The van der Waals surface area contributed by atoms with E-state index in [4.69, 9.17) is 4.98 Å². The van der Waals surface area contributed by atoms with Crippen molar-refractivity contribution in [2.75, 3.05) is 31.1 Å². The van der Waals surface area contributed by atoms with Crippen LogP contribution < -0.4 is 4.90 Å². The molecule has 0 atom stereocenters. The smallest absolute Gasteiger partial charge is 0.253 e. The van der Waals surface area contributed by atoms with Crippen LogP contribution in [0.4, 0.5) is 14.6 Å². The van der Waals surface area contributed by atoms with Crippen LogP contribution in [-0.2, 0) is 6.42 Å². The number of carbonyl (C=O) groups is 1. The van der Waals surface area contributed by atoms with Crippen molar-refractivity contribution in [3.05, 3.63) is 77.0 Å². The molecule has 1 saturated heterocycles. The van der Waals surface area contributed by atoms with Crippen molar-refractivity contribution in [3.8, 4) is 11.4 Å². The summed E-state index contributed by atoms with van der Waals surface area (Å²) in [4.78, 5) is 26.0. The Hall–Kier alpha value is -3.35. The molecule has 0 unspecified atom stereocenters. The highest BCUT2D eigenvalue weighted by Gasteiger charge is 2.25. The van der Waals surface area contributed by atoms with Crippen molar-refractivity contribution in [2.45, 2.75) is 20.3 Å². The minimum atomic E-state index is -0.360. The molecule has 1 fully saturated rings. The van der Waals surface area contributed by atoms with Crippen molar-refractivity contribution < 1.29 is 13.6 Å². The second kappa shape index (κ2) is 8.79. The molecule has 1 aliphatic rings. The number of halogens is 2. The second-order valence-corrected chi connectivity index (χ2v) is 7.58. The topological polar surface area (TPSA) is 49.3 Å². The summed E-state index contributed by atoms with van der Waals surface area (Å²) in [6, 6.07) is 11.9. The molecule has 0 aliphatic carbocycles. The largest absolute Gasteiger partial charge is 0.353 e. The number of nitrogens with zero attached hydrogens (tertiary/aromatic N) is 4. The predicted molar refractivity (Wildman–Crippen MR) is 116 cm³/mol. The van der Waals surface area contributed by atoms with Crippen molar-refractivity contribution in [3.63, 3.8) is 0 Å². The van der Waals surface area contributed by atoms with Crippen LogP contribution in [0.1, 0.15) is 28.5 Å². The van der Waals surface area contributed by atoms with Crippen LogP contribution in [0.2, 0.25) is 0 Å². The van der Waals surface area contributed by atoms with Gasteiger partial charge in [-0.15, -0.1) is 0 Å². The average Bonchev–Trinajstić information content (AvgIpc) is 2.78. The lowest BCUT2D eigenvalue weighted by Gasteiger charge is -2.36. The van der Waals surface area contributed by atoms with Crippen molar-refractivity contribution >= 4 is 11.7 Å². The van der Waals surface area contributed by atoms with E-state index in [1.165, 1.54) is 36.4 Å². The van der Waals surface area contributed by atoms with Gasteiger partial charge in [0.15, 0.2) is 5.82 Å². The summed E-state index contributed by atoms with van der Waals surface area (Å²) in [5.74, 6) is 0.543. The first-order valence-corrected chi connectivity index (χ1v) is 10.4. The van der Waals surface area contributed by atoms with Crippen molar-refractivity contribution in [2.24, 2.45) is 0 Å². The molecule has 7 heteroatoms. The monoisotopic (exact) mass is 422 g/mol. The molecule has 3 aromatic rings. The number of hydrogen-bond acceptors (Lipinski definition) is 4. The summed E-state index contributed by atoms with van der Waals surface area (Å²) >= 11 is 0. The zero-order chi connectivity index (χ0) is 22.0. The molecule has 0 N–H and O–H groups in total. The third-order valence-electron chi connectivity index (χ3n) is 5.59. The maximum Gasteiger partial charge on any atom is 0.253 e. The summed E-state index contributed by atoms with van der Waals surface area (Å²) in [7, 11) is 0. The van der Waals surface area contributed by atoms with Crippen LogP contribution in [0, 0.1) is 18.6 Å². The fraction of sp³-hybridized carbons (Fsp3) is 0.292. The number of amides is 1. The minimum absolute atomic E-state index is 0.102. The number of benzene rings is 2. The molecule has 1 aliphatic heterocycles. The van der Waals surface area contributed by atoms with E-state index in [-0.39, 0.29) is 17.5 Å². The normalized spacial score (nSPS) is 14.1. The Morgan fingerprint density at radius 2 is 1.68 bits per heavy atom. The van der Waals surface area contributed by atoms with E-state index in [1.807, 2.05) is 6.92 Å². The van der Waals surface area contributed by atoms with Gasteiger partial charge in [0.25, 0.3) is 5.91 Å². The molecule has 160 valence electrons. The lowest BCUT2D eigenvalue weighted by Crippen LogP contribution is -2.49. The van der Waals surface area contributed by atoms with Gasteiger partial charge in [0.1, 0.15) is 17.5 Å². The standard InChI is InChI=1S/C24H24F2N4O/c1-3-21-16(2)27-22(18-5-4-6-20(26)15-18)28-23(21)29-11-13-30(14-12-29)24(31)17-7-9-19(25)10-8-17/h4-10,15H,3,11-14H2,1-2H3. The van der Waals surface area contributed by atoms with Gasteiger partial charge in [-0.05, 0) is 49.7 Å². The number of aromatic nitrogens is 2. The molecule has 0 radical (unpaired) electrons. The van der Waals surface area contributed by atoms with Gasteiger partial charge >= 0.3 is 0 Å². The number of piperazine rings is 1. The molecule has 0 saturated carbocycles. The first kappa shape index (κ1) is 20.9. The summed E-state index contributed by atoms with van der Waals surface area (Å²) in [6.45, 7) is 6.33. The van der Waals surface area contributed by atoms with E-state index in [0.29, 0.717) is 43.1 Å². The van der Waals surface area contributed by atoms with Gasteiger partial charge in [0.05, 0.1) is 0 Å². The van der Waals surface area contributed by atoms with Crippen LogP contribution in [0.3, 0.4) is 0 Å². The molecule has 2 heterocycles. The highest BCUT2D eigenvalue weighted by atomic mass is 19.1. The van der Waals surface area contributed by atoms with Crippen molar-refractivity contribution in [1.29, 1.82) is 0 Å². The van der Waals surface area contributed by atoms with Crippen LogP contribution in [0.25, 0.3) is 11.4 Å². The van der Waals surface area contributed by atoms with Gasteiger partial charge < -0.3 is 9.80 Å². The molecule has 1 amide bonds. The number of rotatable bonds is 4. The zero-order valence-corrected chi connectivity index (χ0v) is 17.6. The van der Waals surface area contributed by atoms with E-state index >= 15 is 0 Å². The van der Waals surface area contributed by atoms with E-state index in [0.717, 1.165) is 23.5 Å². The quantitative estimate of drug-likeness (QED) is 0.631. The fourth-order valence-corrected chi connectivity index (χ4v) is 3.91. The Morgan fingerprint density at radius 3 is 2.32 bits per heavy atom. The maximum absolute atomic E-state index is 13.7. The van der Waals surface area contributed by atoms with Crippen LogP contribution in [-0.4, -0.2) is 47.0 Å². The summed E-state index contributed by atoms with van der Waals surface area (Å²) < 4.78 is 26.9. The minimum Gasteiger partial charge on any atom is -0.353 e. The molecule has 31 heavy (non-hydrogen) atoms. The zero-order valence-electron chi connectivity index (χ0n) is 17.6. The molecule has 0 spiro atoms. The third-order valence-corrected chi connectivity index (χ3v) is 5.59. The van der Waals surface area contributed by atoms with Gasteiger partial charge in [0.2, 0.25) is 0 Å². The maximum atomic E-state index is 13.7. The number of anilines is 1. The Labute approximate surface area is 180 Å². The molecule has 2 aromatic carbocycles. The van der Waals surface area contributed by atoms with Gasteiger partial charge in [-0.25, -0.2) is 18.7 Å². The van der Waals surface area contributed by atoms with Gasteiger partial charge in [-0.1, -0.05) is 19.1 Å². The average molecular weight is 422 g/mol. The predicted octanol–water partition coefficient (Wildman–Crippen LogP) is 4.26. The van der Waals surface area contributed by atoms with Crippen LogP contribution >= 0.6 is 0 Å². The Bertz CT molecular complexity index is 1090. The number of aryl methyl sites for hydroxylation is 1. The molecular formula is C24H24F2N4O. The lowest BCUT2D eigenvalue weighted by atomic mass is 10.1. The van der Waals surface area contributed by atoms with E-state index in [1.54, 1.807) is 17.0 Å². The van der Waals surface area contributed by atoms with E-state index in [2.05, 4.69) is 16.8 Å². The van der Waals surface area contributed by atoms with Crippen LogP contribution in [0.15, 0.2) is 48.5 Å².